The lowest BCUT2D eigenvalue weighted by Crippen LogP contribution is -2.23. The number of hydrogen-bond acceptors (Lipinski definition) is 4. The minimum Gasteiger partial charge on any atom is -0.482 e. The molecule has 1 amide bonds. The van der Waals surface area contributed by atoms with E-state index < -0.39 is 24.3 Å². The van der Waals surface area contributed by atoms with E-state index in [4.69, 9.17) is 21.1 Å². The van der Waals surface area contributed by atoms with Crippen LogP contribution in [0.25, 0.3) is 0 Å². The first-order valence-corrected chi connectivity index (χ1v) is 7.00. The van der Waals surface area contributed by atoms with Gasteiger partial charge in [-0.2, -0.15) is 0 Å². The average molecular weight is 338 g/mol. The molecule has 120 valence electrons. The second kappa shape index (κ2) is 8.14. The summed E-state index contributed by atoms with van der Waals surface area (Å²) >= 11 is 5.78. The van der Waals surface area contributed by atoms with Crippen molar-refractivity contribution in [1.82, 2.24) is 0 Å². The molecule has 7 heteroatoms. The van der Waals surface area contributed by atoms with Gasteiger partial charge in [0.1, 0.15) is 11.6 Å². The lowest BCUT2D eigenvalue weighted by molar-refractivity contribution is -0.149. The maximum Gasteiger partial charge on any atom is 0.344 e. The van der Waals surface area contributed by atoms with Crippen molar-refractivity contribution >= 4 is 29.2 Å². The maximum atomic E-state index is 12.7. The first-order chi connectivity index (χ1) is 11.0. The summed E-state index contributed by atoms with van der Waals surface area (Å²) < 4.78 is 22.7. The highest BCUT2D eigenvalue weighted by atomic mass is 35.5. The summed E-state index contributed by atoms with van der Waals surface area (Å²) in [5.41, 5.74) is 0.405. The Morgan fingerprint density at radius 2 is 1.83 bits per heavy atom. The van der Waals surface area contributed by atoms with E-state index in [0.29, 0.717) is 16.5 Å². The standard InChI is InChI=1S/C16H13ClFNO4/c17-11-2-1-3-14(8-11)22-10-16(21)23-9-15(20)19-13-6-4-12(18)5-7-13/h1-8H,9-10H2,(H,19,20). The molecule has 0 aliphatic heterocycles. The van der Waals surface area contributed by atoms with Gasteiger partial charge in [0.15, 0.2) is 13.2 Å². The molecule has 0 aliphatic rings. The highest BCUT2D eigenvalue weighted by Gasteiger charge is 2.09. The van der Waals surface area contributed by atoms with Gasteiger partial charge in [0.05, 0.1) is 0 Å². The number of carbonyl (C=O) groups excluding carboxylic acids is 2. The molecule has 0 spiro atoms. The highest BCUT2D eigenvalue weighted by Crippen LogP contribution is 2.16. The molecule has 2 aromatic carbocycles. The number of nitrogens with one attached hydrogen (secondary N) is 1. The van der Waals surface area contributed by atoms with Crippen molar-refractivity contribution in [2.75, 3.05) is 18.5 Å². The summed E-state index contributed by atoms with van der Waals surface area (Å²) in [6.45, 7) is -0.806. The van der Waals surface area contributed by atoms with Crippen molar-refractivity contribution in [1.29, 1.82) is 0 Å². The van der Waals surface area contributed by atoms with Crippen molar-refractivity contribution in [3.05, 3.63) is 59.4 Å². The number of anilines is 1. The molecule has 0 unspecified atom stereocenters. The predicted octanol–water partition coefficient (Wildman–Crippen LogP) is 3.04. The Labute approximate surface area is 137 Å². The van der Waals surface area contributed by atoms with Gasteiger partial charge in [-0.1, -0.05) is 17.7 Å². The Kier molecular flexibility index (Phi) is 5.94. The highest BCUT2D eigenvalue weighted by molar-refractivity contribution is 6.30. The Morgan fingerprint density at radius 1 is 1.09 bits per heavy atom. The first kappa shape index (κ1) is 16.8. The number of amides is 1. The third-order valence-corrected chi connectivity index (χ3v) is 2.88. The molecule has 0 heterocycles. The zero-order valence-corrected chi connectivity index (χ0v) is 12.7. The number of hydrogen-bond donors (Lipinski definition) is 1. The number of ether oxygens (including phenoxy) is 2. The average Bonchev–Trinajstić information content (AvgIpc) is 2.53. The third-order valence-electron chi connectivity index (χ3n) is 2.64. The largest absolute Gasteiger partial charge is 0.482 e. The first-order valence-electron chi connectivity index (χ1n) is 6.62. The lowest BCUT2D eigenvalue weighted by atomic mass is 10.3. The van der Waals surface area contributed by atoms with Crippen LogP contribution in [0.15, 0.2) is 48.5 Å². The van der Waals surface area contributed by atoms with Crippen LogP contribution in [0.4, 0.5) is 10.1 Å². The van der Waals surface area contributed by atoms with Crippen LogP contribution in [-0.4, -0.2) is 25.1 Å². The number of halogens is 2. The van der Waals surface area contributed by atoms with Crippen molar-refractivity contribution < 1.29 is 23.5 Å². The van der Waals surface area contributed by atoms with Crippen LogP contribution in [0, 0.1) is 5.82 Å². The van der Waals surface area contributed by atoms with Gasteiger partial charge in [-0.3, -0.25) is 4.79 Å². The minimum atomic E-state index is -0.695. The van der Waals surface area contributed by atoms with Crippen LogP contribution < -0.4 is 10.1 Å². The fourth-order valence-electron chi connectivity index (χ4n) is 1.62. The molecule has 0 aromatic heterocycles. The molecule has 2 rings (SSSR count). The topological polar surface area (TPSA) is 64.6 Å². The molecule has 0 bridgehead atoms. The predicted molar refractivity (Wildman–Crippen MR) is 82.9 cm³/mol. The SMILES string of the molecule is O=C(COC(=O)COc1cccc(Cl)c1)Nc1ccc(F)cc1. The summed E-state index contributed by atoms with van der Waals surface area (Å²) in [4.78, 5) is 23.1. The van der Waals surface area contributed by atoms with Crippen LogP contribution >= 0.6 is 11.6 Å². The van der Waals surface area contributed by atoms with E-state index in [9.17, 15) is 14.0 Å². The van der Waals surface area contributed by atoms with Gasteiger partial charge in [0, 0.05) is 10.7 Å². The third kappa shape index (κ3) is 5.96. The Bertz CT molecular complexity index is 691. The minimum absolute atomic E-state index is 0.343. The fourth-order valence-corrected chi connectivity index (χ4v) is 1.80. The molecule has 1 N–H and O–H groups in total. The monoisotopic (exact) mass is 337 g/mol. The zero-order chi connectivity index (χ0) is 16.7. The van der Waals surface area contributed by atoms with E-state index in [1.54, 1.807) is 24.3 Å². The van der Waals surface area contributed by atoms with Gasteiger partial charge in [-0.15, -0.1) is 0 Å². The van der Waals surface area contributed by atoms with Gasteiger partial charge >= 0.3 is 5.97 Å². The molecular weight excluding hydrogens is 325 g/mol. The molecular formula is C16H13ClFNO4. The van der Waals surface area contributed by atoms with Crippen LogP contribution in [0.1, 0.15) is 0 Å². The Hall–Kier alpha value is -2.60. The Balaban J connectivity index is 1.71. The maximum absolute atomic E-state index is 12.7. The summed E-state index contributed by atoms with van der Waals surface area (Å²) in [6.07, 6.45) is 0. The molecule has 23 heavy (non-hydrogen) atoms. The Morgan fingerprint density at radius 3 is 2.52 bits per heavy atom. The molecule has 0 fully saturated rings. The van der Waals surface area contributed by atoms with Crippen LogP contribution in [0.3, 0.4) is 0 Å². The quantitative estimate of drug-likeness (QED) is 0.823. The van der Waals surface area contributed by atoms with E-state index in [0.717, 1.165) is 0 Å². The molecule has 0 saturated heterocycles. The molecule has 0 aliphatic carbocycles. The summed E-state index contributed by atoms with van der Waals surface area (Å²) in [5, 5.41) is 2.95. The smallest absolute Gasteiger partial charge is 0.344 e. The van der Waals surface area contributed by atoms with Gasteiger partial charge in [-0.25, -0.2) is 9.18 Å². The number of esters is 1. The van der Waals surface area contributed by atoms with Crippen molar-refractivity contribution in [3.8, 4) is 5.75 Å². The number of rotatable bonds is 6. The number of benzene rings is 2. The molecule has 0 radical (unpaired) electrons. The molecule has 2 aromatic rings. The van der Waals surface area contributed by atoms with Gasteiger partial charge < -0.3 is 14.8 Å². The normalized spacial score (nSPS) is 10.0. The van der Waals surface area contributed by atoms with Crippen LogP contribution in [0.5, 0.6) is 5.75 Å². The van der Waals surface area contributed by atoms with E-state index in [-0.39, 0.29) is 6.61 Å². The van der Waals surface area contributed by atoms with E-state index >= 15 is 0 Å². The van der Waals surface area contributed by atoms with Crippen molar-refractivity contribution in [2.24, 2.45) is 0 Å². The lowest BCUT2D eigenvalue weighted by Gasteiger charge is -2.08. The molecule has 0 saturated carbocycles. The van der Waals surface area contributed by atoms with E-state index in [2.05, 4.69) is 5.32 Å². The second-order valence-electron chi connectivity index (χ2n) is 4.46. The molecule has 5 nitrogen and oxygen atoms in total. The summed E-state index contributed by atoms with van der Waals surface area (Å²) in [5.74, 6) is -1.22. The molecule has 0 atom stereocenters. The van der Waals surface area contributed by atoms with Gasteiger partial charge in [0.25, 0.3) is 5.91 Å². The summed E-state index contributed by atoms with van der Waals surface area (Å²) in [6, 6.07) is 11.8. The van der Waals surface area contributed by atoms with Crippen LogP contribution in [0.2, 0.25) is 5.02 Å². The second-order valence-corrected chi connectivity index (χ2v) is 4.90. The fraction of sp³-hybridized carbons (Fsp3) is 0.125. The zero-order valence-electron chi connectivity index (χ0n) is 11.9. The van der Waals surface area contributed by atoms with E-state index in [1.807, 2.05) is 0 Å². The van der Waals surface area contributed by atoms with Gasteiger partial charge in [0.2, 0.25) is 0 Å². The van der Waals surface area contributed by atoms with E-state index in [1.165, 1.54) is 24.3 Å². The van der Waals surface area contributed by atoms with Gasteiger partial charge in [-0.05, 0) is 42.5 Å². The summed E-state index contributed by atoms with van der Waals surface area (Å²) in [7, 11) is 0. The van der Waals surface area contributed by atoms with Crippen molar-refractivity contribution in [2.45, 2.75) is 0 Å². The van der Waals surface area contributed by atoms with Crippen LogP contribution in [-0.2, 0) is 14.3 Å². The van der Waals surface area contributed by atoms with Crippen molar-refractivity contribution in [3.63, 3.8) is 0 Å². The number of carbonyl (C=O) groups is 2.